The Balaban J connectivity index is 3.09. The molecule has 0 aliphatic heterocycles. The molecule has 0 aromatic carbocycles. The third-order valence-corrected chi connectivity index (χ3v) is 5.62. The number of hydrogen-bond donors (Lipinski definition) is 3. The summed E-state index contributed by atoms with van der Waals surface area (Å²) in [6.07, 6.45) is 8.15. The lowest BCUT2D eigenvalue weighted by Gasteiger charge is -2.35. The standard InChI is InChI=1S/C22H40N2O3/c1-7-9-11-16(12-10-8-2)13-17-14-18(25)24(19(17)26)22(5,6)15-21(3,4)20(23)27/h14,16,25-26H,7-13,15H2,1-6H3,(H2,23,27). The molecule has 0 saturated heterocycles. The SMILES string of the molecule is CCCCC(CCCC)Cc1cc(O)n(C(C)(C)CC(C)(C)C(N)=O)c1O. The van der Waals surface area contributed by atoms with Crippen molar-refractivity contribution in [1.82, 2.24) is 4.57 Å². The first-order valence-electron chi connectivity index (χ1n) is 10.4. The molecule has 5 nitrogen and oxygen atoms in total. The van der Waals surface area contributed by atoms with Gasteiger partial charge in [-0.05, 0) is 32.6 Å². The number of carbonyl (C=O) groups excluding carboxylic acids is 1. The van der Waals surface area contributed by atoms with E-state index in [9.17, 15) is 15.0 Å². The third-order valence-electron chi connectivity index (χ3n) is 5.62. The maximum absolute atomic E-state index is 11.7. The summed E-state index contributed by atoms with van der Waals surface area (Å²) in [6.45, 7) is 11.8. The van der Waals surface area contributed by atoms with E-state index < -0.39 is 11.0 Å². The molecule has 0 aliphatic carbocycles. The van der Waals surface area contributed by atoms with E-state index in [1.807, 2.05) is 13.8 Å². The molecule has 156 valence electrons. The molecule has 1 rings (SSSR count). The molecule has 0 bridgehead atoms. The maximum Gasteiger partial charge on any atom is 0.223 e. The summed E-state index contributed by atoms with van der Waals surface area (Å²) >= 11 is 0. The van der Waals surface area contributed by atoms with E-state index in [-0.39, 0.29) is 17.7 Å². The number of aromatic hydroxyl groups is 2. The van der Waals surface area contributed by atoms with Crippen molar-refractivity contribution in [3.63, 3.8) is 0 Å². The van der Waals surface area contributed by atoms with Crippen LogP contribution in [0.3, 0.4) is 0 Å². The summed E-state index contributed by atoms with van der Waals surface area (Å²) in [4.78, 5) is 11.7. The minimum Gasteiger partial charge on any atom is -0.494 e. The van der Waals surface area contributed by atoms with E-state index in [1.165, 1.54) is 12.8 Å². The number of aromatic nitrogens is 1. The van der Waals surface area contributed by atoms with Crippen molar-refractivity contribution >= 4 is 5.91 Å². The lowest BCUT2D eigenvalue weighted by molar-refractivity contribution is -0.127. The Kier molecular flexibility index (Phi) is 8.24. The van der Waals surface area contributed by atoms with Crippen LogP contribution in [0.1, 0.15) is 92.1 Å². The lowest BCUT2D eigenvalue weighted by Crippen LogP contribution is -2.39. The molecule has 27 heavy (non-hydrogen) atoms. The Bertz CT molecular complexity index is 609. The summed E-state index contributed by atoms with van der Waals surface area (Å²) in [5, 5.41) is 21.4. The number of carbonyl (C=O) groups is 1. The van der Waals surface area contributed by atoms with Crippen molar-refractivity contribution in [2.75, 3.05) is 0 Å². The molecule has 0 atom stereocenters. The van der Waals surface area contributed by atoms with Gasteiger partial charge in [-0.25, -0.2) is 0 Å². The number of amides is 1. The molecule has 0 saturated carbocycles. The Morgan fingerprint density at radius 3 is 2.07 bits per heavy atom. The lowest BCUT2D eigenvalue weighted by atomic mass is 9.79. The summed E-state index contributed by atoms with van der Waals surface area (Å²) < 4.78 is 1.55. The predicted molar refractivity (Wildman–Crippen MR) is 111 cm³/mol. The summed E-state index contributed by atoms with van der Waals surface area (Å²) in [5.41, 5.74) is 4.93. The van der Waals surface area contributed by atoms with Gasteiger partial charge in [0.2, 0.25) is 5.91 Å². The fourth-order valence-corrected chi connectivity index (χ4v) is 4.18. The smallest absolute Gasteiger partial charge is 0.223 e. The van der Waals surface area contributed by atoms with Gasteiger partial charge in [-0.3, -0.25) is 9.36 Å². The monoisotopic (exact) mass is 380 g/mol. The summed E-state index contributed by atoms with van der Waals surface area (Å²) in [5.74, 6) is 0.269. The Hall–Kier alpha value is -1.65. The first-order chi connectivity index (χ1) is 12.5. The minimum atomic E-state index is -0.738. The second-order valence-electron chi connectivity index (χ2n) is 9.28. The fourth-order valence-electron chi connectivity index (χ4n) is 4.18. The van der Waals surface area contributed by atoms with Crippen LogP contribution in [0.4, 0.5) is 0 Å². The minimum absolute atomic E-state index is 0.0394. The van der Waals surface area contributed by atoms with Crippen molar-refractivity contribution in [3.05, 3.63) is 11.6 Å². The van der Waals surface area contributed by atoms with Crippen molar-refractivity contribution in [3.8, 4) is 11.8 Å². The first-order valence-corrected chi connectivity index (χ1v) is 10.4. The average molecular weight is 381 g/mol. The quantitative estimate of drug-likeness (QED) is 0.473. The molecule has 4 N–H and O–H groups in total. The molecular formula is C22H40N2O3. The topological polar surface area (TPSA) is 88.5 Å². The molecule has 1 aromatic heterocycles. The number of nitrogens with zero attached hydrogens (tertiary/aromatic N) is 1. The van der Waals surface area contributed by atoms with Crippen LogP contribution in [-0.4, -0.2) is 20.7 Å². The van der Waals surface area contributed by atoms with Crippen molar-refractivity contribution in [2.24, 2.45) is 17.1 Å². The van der Waals surface area contributed by atoms with Gasteiger partial charge in [0.05, 0.1) is 0 Å². The van der Waals surface area contributed by atoms with Crippen LogP contribution in [0.5, 0.6) is 11.8 Å². The van der Waals surface area contributed by atoms with Gasteiger partial charge in [0.25, 0.3) is 0 Å². The zero-order valence-corrected chi connectivity index (χ0v) is 18.1. The molecule has 0 spiro atoms. The molecule has 0 fully saturated rings. The van der Waals surface area contributed by atoms with Gasteiger partial charge in [-0.1, -0.05) is 66.2 Å². The molecule has 0 radical (unpaired) electrons. The van der Waals surface area contributed by atoms with Crippen LogP contribution in [0, 0.1) is 11.3 Å². The molecule has 5 heteroatoms. The van der Waals surface area contributed by atoms with E-state index in [4.69, 9.17) is 5.73 Å². The van der Waals surface area contributed by atoms with Crippen molar-refractivity contribution in [2.45, 2.75) is 98.4 Å². The highest BCUT2D eigenvalue weighted by Gasteiger charge is 2.37. The molecule has 1 amide bonds. The van der Waals surface area contributed by atoms with E-state index in [0.717, 1.165) is 37.7 Å². The highest BCUT2D eigenvalue weighted by Crippen LogP contribution is 2.41. The van der Waals surface area contributed by atoms with Gasteiger partial charge < -0.3 is 15.9 Å². The number of hydrogen-bond acceptors (Lipinski definition) is 3. The molecule has 1 heterocycles. The Labute approximate surface area is 165 Å². The average Bonchev–Trinajstić information content (AvgIpc) is 2.83. The van der Waals surface area contributed by atoms with Gasteiger partial charge in [0, 0.05) is 22.6 Å². The van der Waals surface area contributed by atoms with E-state index in [1.54, 1.807) is 24.5 Å². The van der Waals surface area contributed by atoms with Crippen molar-refractivity contribution in [1.29, 1.82) is 0 Å². The molecule has 0 unspecified atom stereocenters. The number of primary amides is 1. The highest BCUT2D eigenvalue weighted by molar-refractivity contribution is 5.80. The van der Waals surface area contributed by atoms with Crippen LogP contribution in [0.15, 0.2) is 6.07 Å². The number of nitrogens with two attached hydrogens (primary N) is 1. The van der Waals surface area contributed by atoms with Crippen LogP contribution in [0.25, 0.3) is 0 Å². The zero-order valence-electron chi connectivity index (χ0n) is 18.1. The molecule has 1 aromatic rings. The van der Waals surface area contributed by atoms with Gasteiger partial charge in [-0.2, -0.15) is 0 Å². The van der Waals surface area contributed by atoms with Gasteiger partial charge >= 0.3 is 0 Å². The highest BCUT2D eigenvalue weighted by atomic mass is 16.3. The molecular weight excluding hydrogens is 340 g/mol. The van der Waals surface area contributed by atoms with Crippen LogP contribution < -0.4 is 5.73 Å². The first kappa shape index (κ1) is 23.4. The normalized spacial score (nSPS) is 12.7. The summed E-state index contributed by atoms with van der Waals surface area (Å²) in [6, 6.07) is 1.68. The van der Waals surface area contributed by atoms with Crippen LogP contribution >= 0.6 is 0 Å². The third kappa shape index (κ3) is 6.18. The van der Waals surface area contributed by atoms with E-state index in [2.05, 4.69) is 13.8 Å². The number of rotatable bonds is 12. The fraction of sp³-hybridized carbons (Fsp3) is 0.773. The second kappa shape index (κ2) is 9.52. The van der Waals surface area contributed by atoms with Crippen LogP contribution in [0.2, 0.25) is 0 Å². The Morgan fingerprint density at radius 1 is 1.11 bits per heavy atom. The molecule has 0 aliphatic rings. The Morgan fingerprint density at radius 2 is 1.63 bits per heavy atom. The largest absolute Gasteiger partial charge is 0.494 e. The maximum atomic E-state index is 11.7. The van der Waals surface area contributed by atoms with E-state index in [0.29, 0.717) is 12.3 Å². The summed E-state index contributed by atoms with van der Waals surface area (Å²) in [7, 11) is 0. The zero-order chi connectivity index (χ0) is 20.8. The van der Waals surface area contributed by atoms with Crippen LogP contribution in [-0.2, 0) is 16.8 Å². The van der Waals surface area contributed by atoms with Gasteiger partial charge in [0.1, 0.15) is 0 Å². The number of unbranched alkanes of at least 4 members (excludes halogenated alkanes) is 2. The predicted octanol–water partition coefficient (Wildman–Crippen LogP) is 5.08. The van der Waals surface area contributed by atoms with Gasteiger partial charge in [-0.15, -0.1) is 0 Å². The van der Waals surface area contributed by atoms with E-state index >= 15 is 0 Å². The van der Waals surface area contributed by atoms with Gasteiger partial charge in [0.15, 0.2) is 11.8 Å². The van der Waals surface area contributed by atoms with Crippen molar-refractivity contribution < 1.29 is 15.0 Å². The second-order valence-corrected chi connectivity index (χ2v) is 9.28.